The Morgan fingerprint density at radius 3 is 2.56 bits per heavy atom. The highest BCUT2D eigenvalue weighted by Crippen LogP contribution is 2.30. The monoisotopic (exact) mass is 503 g/mol. The number of aryl methyl sites for hydroxylation is 2. The van der Waals surface area contributed by atoms with Gasteiger partial charge in [-0.2, -0.15) is 4.72 Å². The topological polar surface area (TPSA) is 104 Å². The van der Waals surface area contributed by atoms with Crippen LogP contribution in [0.4, 0.5) is 5.69 Å². The average molecular weight is 504 g/mol. The molecule has 2 aliphatic rings. The lowest BCUT2D eigenvalue weighted by atomic mass is 9.87. The molecule has 0 saturated heterocycles. The number of amides is 2. The lowest BCUT2D eigenvalue weighted by Gasteiger charge is -2.28. The van der Waals surface area contributed by atoms with Crippen molar-refractivity contribution in [2.45, 2.75) is 55.5 Å². The minimum Gasteiger partial charge on any atom is -0.348 e. The Balaban J connectivity index is 1.40. The number of anilines is 1. The zero-order valence-electron chi connectivity index (χ0n) is 19.9. The van der Waals surface area contributed by atoms with Gasteiger partial charge in [0, 0.05) is 12.1 Å². The number of fused-ring (bicyclic) bond motifs is 2. The van der Waals surface area contributed by atoms with E-state index < -0.39 is 16.1 Å². The van der Waals surface area contributed by atoms with Crippen molar-refractivity contribution in [2.75, 3.05) is 5.32 Å². The Morgan fingerprint density at radius 2 is 1.72 bits per heavy atom. The fourth-order valence-corrected chi connectivity index (χ4v) is 6.24. The van der Waals surface area contributed by atoms with E-state index in [2.05, 4.69) is 21.4 Å². The van der Waals surface area contributed by atoms with Crippen molar-refractivity contribution in [1.82, 2.24) is 10.0 Å². The third-order valence-corrected chi connectivity index (χ3v) is 8.33. The van der Waals surface area contributed by atoms with Crippen molar-refractivity contribution in [2.24, 2.45) is 0 Å². The zero-order chi connectivity index (χ0) is 25.1. The highest BCUT2D eigenvalue weighted by molar-refractivity contribution is 7.89. The predicted octanol–water partition coefficient (Wildman–Crippen LogP) is 3.65. The van der Waals surface area contributed by atoms with Crippen LogP contribution < -0.4 is 15.4 Å². The van der Waals surface area contributed by atoms with Crippen LogP contribution in [0.1, 0.15) is 47.6 Å². The molecular weight excluding hydrogens is 474 g/mol. The molecule has 2 atom stereocenters. The molecule has 0 aromatic heterocycles. The molecule has 2 amide bonds. The van der Waals surface area contributed by atoms with Gasteiger partial charge in [0.15, 0.2) is 0 Å². The molecule has 36 heavy (non-hydrogen) atoms. The first-order valence-electron chi connectivity index (χ1n) is 12.3. The maximum atomic E-state index is 13.5. The zero-order valence-corrected chi connectivity index (χ0v) is 20.7. The SMILES string of the molecule is O=C1CCc2cc(S(=O)(=O)N[C@H](Cc3ccccc3)C(=O)N[C@@H]3CCCc4ccccc43)ccc2N1. The Hall–Kier alpha value is -3.49. The van der Waals surface area contributed by atoms with Gasteiger partial charge < -0.3 is 10.6 Å². The summed E-state index contributed by atoms with van der Waals surface area (Å²) in [5.41, 5.74) is 4.56. The number of hydrogen-bond donors (Lipinski definition) is 3. The van der Waals surface area contributed by atoms with Gasteiger partial charge >= 0.3 is 0 Å². The molecule has 3 aromatic rings. The maximum absolute atomic E-state index is 13.5. The van der Waals surface area contributed by atoms with Gasteiger partial charge in [-0.25, -0.2) is 8.42 Å². The molecule has 0 bridgehead atoms. The van der Waals surface area contributed by atoms with Crippen LogP contribution in [-0.4, -0.2) is 26.3 Å². The highest BCUT2D eigenvalue weighted by atomic mass is 32.2. The molecule has 0 saturated carbocycles. The molecule has 186 valence electrons. The van der Waals surface area contributed by atoms with Crippen molar-refractivity contribution >= 4 is 27.5 Å². The van der Waals surface area contributed by atoms with Crippen LogP contribution in [0, 0.1) is 0 Å². The van der Waals surface area contributed by atoms with Crippen molar-refractivity contribution in [1.29, 1.82) is 0 Å². The van der Waals surface area contributed by atoms with E-state index in [9.17, 15) is 18.0 Å². The third kappa shape index (κ3) is 5.34. The quantitative estimate of drug-likeness (QED) is 0.458. The van der Waals surface area contributed by atoms with Gasteiger partial charge in [0.2, 0.25) is 21.8 Å². The van der Waals surface area contributed by atoms with Crippen LogP contribution in [-0.2, 0) is 38.9 Å². The Kier molecular flexibility index (Phi) is 6.89. The normalized spacial score (nSPS) is 17.9. The van der Waals surface area contributed by atoms with Crippen LogP contribution in [0.25, 0.3) is 0 Å². The molecule has 1 heterocycles. The number of sulfonamides is 1. The first kappa shape index (κ1) is 24.2. The lowest BCUT2D eigenvalue weighted by Crippen LogP contribution is -2.49. The molecule has 0 spiro atoms. The van der Waals surface area contributed by atoms with Gasteiger partial charge in [0.05, 0.1) is 10.9 Å². The molecule has 0 radical (unpaired) electrons. The van der Waals surface area contributed by atoms with Crippen molar-refractivity contribution in [3.63, 3.8) is 0 Å². The molecule has 3 N–H and O–H groups in total. The maximum Gasteiger partial charge on any atom is 0.241 e. The summed E-state index contributed by atoms with van der Waals surface area (Å²) in [5.74, 6) is -0.436. The molecule has 0 fully saturated rings. The van der Waals surface area contributed by atoms with Gasteiger partial charge in [-0.05, 0) is 72.6 Å². The van der Waals surface area contributed by atoms with E-state index in [1.54, 1.807) is 12.1 Å². The van der Waals surface area contributed by atoms with Gasteiger partial charge in [0.1, 0.15) is 6.04 Å². The van der Waals surface area contributed by atoms with E-state index in [0.29, 0.717) is 18.5 Å². The number of rotatable bonds is 7. The van der Waals surface area contributed by atoms with E-state index in [-0.39, 0.29) is 29.2 Å². The predicted molar refractivity (Wildman–Crippen MR) is 138 cm³/mol. The van der Waals surface area contributed by atoms with E-state index in [4.69, 9.17) is 0 Å². The van der Waals surface area contributed by atoms with Crippen LogP contribution in [0.15, 0.2) is 77.7 Å². The Labute approximate surface area is 211 Å². The number of carbonyl (C=O) groups is 2. The summed E-state index contributed by atoms with van der Waals surface area (Å²) in [4.78, 5) is 25.2. The highest BCUT2D eigenvalue weighted by Gasteiger charge is 2.30. The van der Waals surface area contributed by atoms with Gasteiger partial charge in [0.25, 0.3) is 0 Å². The molecule has 3 aromatic carbocycles. The van der Waals surface area contributed by atoms with Crippen molar-refractivity contribution in [3.05, 3.63) is 95.1 Å². The molecule has 5 rings (SSSR count). The summed E-state index contributed by atoms with van der Waals surface area (Å²) in [6, 6.07) is 21.0. The molecule has 1 aliphatic heterocycles. The number of carbonyl (C=O) groups excluding carboxylic acids is 2. The molecule has 0 unspecified atom stereocenters. The summed E-state index contributed by atoms with van der Waals surface area (Å²) in [5, 5.41) is 5.88. The van der Waals surface area contributed by atoms with Gasteiger partial charge in [-0.1, -0.05) is 54.6 Å². The minimum absolute atomic E-state index is 0.0753. The van der Waals surface area contributed by atoms with Crippen molar-refractivity contribution in [3.8, 4) is 0 Å². The Bertz CT molecular complexity index is 1390. The fraction of sp³-hybridized carbons (Fsp3) is 0.286. The first-order valence-corrected chi connectivity index (χ1v) is 13.7. The summed E-state index contributed by atoms with van der Waals surface area (Å²) >= 11 is 0. The largest absolute Gasteiger partial charge is 0.348 e. The van der Waals surface area contributed by atoms with Crippen LogP contribution >= 0.6 is 0 Å². The molecule has 8 heteroatoms. The summed E-state index contributed by atoms with van der Waals surface area (Å²) in [6.45, 7) is 0. The molecular formula is C28H29N3O4S. The molecule has 7 nitrogen and oxygen atoms in total. The lowest BCUT2D eigenvalue weighted by molar-refractivity contribution is -0.123. The van der Waals surface area contributed by atoms with Crippen LogP contribution in [0.2, 0.25) is 0 Å². The average Bonchev–Trinajstić information content (AvgIpc) is 2.88. The second-order valence-electron chi connectivity index (χ2n) is 9.38. The number of benzene rings is 3. The second kappa shape index (κ2) is 10.2. The smallest absolute Gasteiger partial charge is 0.241 e. The summed E-state index contributed by atoms with van der Waals surface area (Å²) in [7, 11) is -4.00. The van der Waals surface area contributed by atoms with Crippen LogP contribution in [0.3, 0.4) is 0 Å². The molecule has 1 aliphatic carbocycles. The number of nitrogens with one attached hydrogen (secondary N) is 3. The van der Waals surface area contributed by atoms with Gasteiger partial charge in [-0.15, -0.1) is 0 Å². The second-order valence-corrected chi connectivity index (χ2v) is 11.1. The van der Waals surface area contributed by atoms with Crippen LogP contribution in [0.5, 0.6) is 0 Å². The first-order chi connectivity index (χ1) is 17.4. The van der Waals surface area contributed by atoms with E-state index in [1.165, 1.54) is 11.6 Å². The van der Waals surface area contributed by atoms with E-state index >= 15 is 0 Å². The standard InChI is InChI=1S/C28H29N3O4S/c32-27-16-13-21-18-22(14-15-24(21)29-27)36(34,35)31-26(17-19-7-2-1-3-8-19)28(33)30-25-12-6-10-20-9-4-5-11-23(20)25/h1-5,7-9,11,14-15,18,25-26,31H,6,10,12-13,16-17H2,(H,29,32)(H,30,33)/t25-,26-/m1/s1. The summed E-state index contributed by atoms with van der Waals surface area (Å²) in [6.07, 6.45) is 3.75. The van der Waals surface area contributed by atoms with Crippen molar-refractivity contribution < 1.29 is 18.0 Å². The third-order valence-electron chi connectivity index (χ3n) is 6.86. The van der Waals surface area contributed by atoms with E-state index in [0.717, 1.165) is 36.0 Å². The fourth-order valence-electron chi connectivity index (χ4n) is 5.00. The summed E-state index contributed by atoms with van der Waals surface area (Å²) < 4.78 is 29.5. The van der Waals surface area contributed by atoms with E-state index in [1.807, 2.05) is 48.5 Å². The minimum atomic E-state index is -4.00. The van der Waals surface area contributed by atoms with Gasteiger partial charge in [-0.3, -0.25) is 9.59 Å². The Morgan fingerprint density at radius 1 is 0.944 bits per heavy atom. The number of hydrogen-bond acceptors (Lipinski definition) is 4.